The smallest absolute Gasteiger partial charge is 0.335 e. The van der Waals surface area contributed by atoms with Crippen LogP contribution in [0.2, 0.25) is 0 Å². The Morgan fingerprint density at radius 1 is 1.07 bits per heavy atom. The number of anilines is 2. The van der Waals surface area contributed by atoms with Crippen LogP contribution in [0.15, 0.2) is 42.0 Å². The van der Waals surface area contributed by atoms with Gasteiger partial charge in [0.25, 0.3) is 17.5 Å². The maximum absolute atomic E-state index is 13.1. The molecule has 1 fully saturated rings. The number of barbiturate groups is 1. The summed E-state index contributed by atoms with van der Waals surface area (Å²) in [4.78, 5) is 51.3. The number of benzene rings is 2. The van der Waals surface area contributed by atoms with Crippen molar-refractivity contribution in [2.45, 2.75) is 13.8 Å². The van der Waals surface area contributed by atoms with Crippen molar-refractivity contribution < 1.29 is 19.3 Å². The van der Waals surface area contributed by atoms with Crippen molar-refractivity contribution in [3.63, 3.8) is 0 Å². The molecule has 0 atom stereocenters. The maximum Gasteiger partial charge on any atom is 0.335 e. The molecule has 154 valence electrons. The fourth-order valence-electron chi connectivity index (χ4n) is 3.17. The highest BCUT2D eigenvalue weighted by Crippen LogP contribution is 2.29. The topological polar surface area (TPSA) is 113 Å². The van der Waals surface area contributed by atoms with E-state index < -0.39 is 22.8 Å². The Labute approximate surface area is 172 Å². The van der Waals surface area contributed by atoms with E-state index in [4.69, 9.17) is 0 Å². The minimum atomic E-state index is -0.859. The van der Waals surface area contributed by atoms with Crippen molar-refractivity contribution in [2.24, 2.45) is 0 Å². The summed E-state index contributed by atoms with van der Waals surface area (Å²) in [5, 5.41) is 13.3. The van der Waals surface area contributed by atoms with Gasteiger partial charge in [0.15, 0.2) is 0 Å². The van der Waals surface area contributed by atoms with Crippen LogP contribution < -0.4 is 15.1 Å². The predicted molar refractivity (Wildman–Crippen MR) is 112 cm³/mol. The molecule has 0 bridgehead atoms. The molecule has 0 unspecified atom stereocenters. The van der Waals surface area contributed by atoms with E-state index in [1.54, 1.807) is 38.1 Å². The van der Waals surface area contributed by atoms with E-state index in [-0.39, 0.29) is 11.3 Å². The normalized spacial score (nSPS) is 15.4. The Morgan fingerprint density at radius 2 is 1.77 bits per heavy atom. The third-order valence-electron chi connectivity index (χ3n) is 4.71. The molecule has 2 aromatic rings. The van der Waals surface area contributed by atoms with E-state index in [1.165, 1.54) is 24.3 Å². The molecule has 3 rings (SSSR count). The lowest BCUT2D eigenvalue weighted by Crippen LogP contribution is -2.54. The first kappa shape index (κ1) is 20.7. The molecule has 1 N–H and O–H groups in total. The third-order valence-corrected chi connectivity index (χ3v) is 4.71. The van der Waals surface area contributed by atoms with Crippen molar-refractivity contribution in [1.29, 1.82) is 0 Å². The number of rotatable bonds is 4. The van der Waals surface area contributed by atoms with E-state index in [2.05, 4.69) is 5.32 Å². The summed E-state index contributed by atoms with van der Waals surface area (Å²) < 4.78 is 0. The number of amides is 4. The molecule has 30 heavy (non-hydrogen) atoms. The molecular weight excluding hydrogens is 388 g/mol. The largest absolute Gasteiger partial charge is 0.377 e. The first-order chi connectivity index (χ1) is 14.1. The van der Waals surface area contributed by atoms with Crippen molar-refractivity contribution in [2.75, 3.05) is 23.9 Å². The molecular formula is C21H20N4O5. The minimum absolute atomic E-state index is 0.182. The molecule has 0 saturated carbocycles. The third kappa shape index (κ3) is 3.77. The van der Waals surface area contributed by atoms with Crippen molar-refractivity contribution >= 4 is 41.0 Å². The standard InChI is InChI=1S/C21H20N4O5/c1-12-5-6-13(2)18(9-12)24-20(27)16(19(26)22-21(24)28)11-14-10-15(25(29)30)7-8-17(14)23(3)4/h5-11H,1-4H3,(H,22,26,28)/b16-11-. The second kappa shape index (κ2) is 7.78. The Bertz CT molecular complexity index is 1120. The quantitative estimate of drug-likeness (QED) is 0.360. The van der Waals surface area contributed by atoms with Crippen molar-refractivity contribution in [3.8, 4) is 0 Å². The fraction of sp³-hybridized carbons (Fsp3) is 0.190. The molecule has 1 aliphatic heterocycles. The van der Waals surface area contributed by atoms with E-state index >= 15 is 0 Å². The van der Waals surface area contributed by atoms with E-state index in [1.807, 2.05) is 13.0 Å². The molecule has 0 spiro atoms. The van der Waals surface area contributed by atoms with Gasteiger partial charge in [-0.3, -0.25) is 25.0 Å². The van der Waals surface area contributed by atoms with Crippen LogP contribution in [-0.2, 0) is 9.59 Å². The van der Waals surface area contributed by atoms with Gasteiger partial charge in [0.1, 0.15) is 5.57 Å². The highest BCUT2D eigenvalue weighted by atomic mass is 16.6. The van der Waals surface area contributed by atoms with E-state index in [0.717, 1.165) is 10.5 Å². The van der Waals surface area contributed by atoms with Crippen LogP contribution in [-0.4, -0.2) is 36.9 Å². The van der Waals surface area contributed by atoms with Gasteiger partial charge in [-0.25, -0.2) is 9.69 Å². The number of nitrogens with one attached hydrogen (secondary N) is 1. The molecule has 2 aromatic carbocycles. The Morgan fingerprint density at radius 3 is 2.40 bits per heavy atom. The second-order valence-electron chi connectivity index (χ2n) is 7.14. The molecule has 1 heterocycles. The summed E-state index contributed by atoms with van der Waals surface area (Å²) in [6.07, 6.45) is 1.27. The van der Waals surface area contributed by atoms with Crippen molar-refractivity contribution in [3.05, 3.63) is 68.8 Å². The van der Waals surface area contributed by atoms with Crippen LogP contribution >= 0.6 is 0 Å². The molecule has 4 amide bonds. The fourth-order valence-corrected chi connectivity index (χ4v) is 3.17. The average Bonchev–Trinajstić information content (AvgIpc) is 2.67. The van der Waals surface area contributed by atoms with Crippen LogP contribution in [0.5, 0.6) is 0 Å². The summed E-state index contributed by atoms with van der Waals surface area (Å²) in [6.45, 7) is 3.57. The maximum atomic E-state index is 13.1. The number of imide groups is 2. The highest BCUT2D eigenvalue weighted by Gasteiger charge is 2.37. The Balaban J connectivity index is 2.15. The molecule has 1 saturated heterocycles. The summed E-state index contributed by atoms with van der Waals surface area (Å²) in [5.74, 6) is -1.66. The number of urea groups is 1. The number of nitro groups is 1. The van der Waals surface area contributed by atoms with E-state index in [9.17, 15) is 24.5 Å². The number of carbonyl (C=O) groups excluding carboxylic acids is 3. The van der Waals surface area contributed by atoms with Crippen molar-refractivity contribution in [1.82, 2.24) is 5.32 Å². The average molecular weight is 408 g/mol. The van der Waals surface area contributed by atoms with Gasteiger partial charge < -0.3 is 4.90 Å². The van der Waals surface area contributed by atoms with Gasteiger partial charge >= 0.3 is 6.03 Å². The minimum Gasteiger partial charge on any atom is -0.377 e. The molecule has 1 aliphatic rings. The van der Waals surface area contributed by atoms with Gasteiger partial charge in [-0.05, 0) is 43.2 Å². The summed E-state index contributed by atoms with van der Waals surface area (Å²) in [5.41, 5.74) is 2.29. The number of nitrogens with zero attached hydrogens (tertiary/aromatic N) is 3. The van der Waals surface area contributed by atoms with Gasteiger partial charge in [-0.1, -0.05) is 12.1 Å². The Hall–Kier alpha value is -4.01. The van der Waals surface area contributed by atoms with Crippen LogP contribution in [0.3, 0.4) is 0 Å². The number of hydrogen-bond acceptors (Lipinski definition) is 6. The second-order valence-corrected chi connectivity index (χ2v) is 7.14. The van der Waals surface area contributed by atoms with Crippen LogP contribution in [0.4, 0.5) is 21.9 Å². The van der Waals surface area contributed by atoms with E-state index in [0.29, 0.717) is 22.5 Å². The number of hydrogen-bond donors (Lipinski definition) is 1. The molecule has 0 aliphatic carbocycles. The van der Waals surface area contributed by atoms with Gasteiger partial charge in [-0.2, -0.15) is 0 Å². The Kier molecular flexibility index (Phi) is 5.37. The van der Waals surface area contributed by atoms with Crippen LogP contribution in [0.25, 0.3) is 6.08 Å². The predicted octanol–water partition coefficient (Wildman–Crippen LogP) is 2.94. The zero-order chi connectivity index (χ0) is 22.2. The van der Waals surface area contributed by atoms with Gasteiger partial charge in [0.05, 0.1) is 10.6 Å². The summed E-state index contributed by atoms with van der Waals surface area (Å²) >= 11 is 0. The molecule has 0 radical (unpaired) electrons. The first-order valence-electron chi connectivity index (χ1n) is 9.04. The molecule has 9 nitrogen and oxygen atoms in total. The van der Waals surface area contributed by atoms with Gasteiger partial charge in [0.2, 0.25) is 0 Å². The van der Waals surface area contributed by atoms with Gasteiger partial charge in [0, 0.05) is 37.5 Å². The molecule has 9 heteroatoms. The SMILES string of the molecule is Cc1ccc(C)c(N2C(=O)NC(=O)/C(=C/c3cc([N+](=O)[O-])ccc3N(C)C)C2=O)c1. The lowest BCUT2D eigenvalue weighted by Gasteiger charge is -2.28. The lowest BCUT2D eigenvalue weighted by atomic mass is 10.0. The highest BCUT2D eigenvalue weighted by molar-refractivity contribution is 6.39. The monoisotopic (exact) mass is 408 g/mol. The zero-order valence-corrected chi connectivity index (χ0v) is 16.9. The van der Waals surface area contributed by atoms with Gasteiger partial charge in [-0.15, -0.1) is 0 Å². The number of nitro benzene ring substituents is 1. The summed E-state index contributed by atoms with van der Waals surface area (Å²) in [7, 11) is 3.47. The number of non-ortho nitro benzene ring substituents is 1. The zero-order valence-electron chi connectivity index (χ0n) is 16.9. The lowest BCUT2D eigenvalue weighted by molar-refractivity contribution is -0.384. The van der Waals surface area contributed by atoms with Crippen LogP contribution in [0, 0.1) is 24.0 Å². The van der Waals surface area contributed by atoms with Crippen LogP contribution in [0.1, 0.15) is 16.7 Å². The number of aryl methyl sites for hydroxylation is 2. The number of carbonyl (C=O) groups is 3. The first-order valence-corrected chi connectivity index (χ1v) is 9.04. The summed E-state index contributed by atoms with van der Waals surface area (Å²) in [6, 6.07) is 8.60. The molecule has 0 aromatic heterocycles.